The van der Waals surface area contributed by atoms with E-state index >= 15 is 0 Å². The predicted molar refractivity (Wildman–Crippen MR) is 137 cm³/mol. The summed E-state index contributed by atoms with van der Waals surface area (Å²) in [6.07, 6.45) is 5.97. The van der Waals surface area contributed by atoms with Gasteiger partial charge in [0.15, 0.2) is 5.82 Å². The molecule has 6 nitrogen and oxygen atoms in total. The number of nitrogens with zero attached hydrogens (tertiary/aromatic N) is 3. The number of pyridine rings is 1. The van der Waals surface area contributed by atoms with Crippen molar-refractivity contribution in [3.63, 3.8) is 0 Å². The fraction of sp³-hybridized carbons (Fsp3) is 0.286. The zero-order valence-corrected chi connectivity index (χ0v) is 19.8. The number of unbranched alkanes of at least 4 members (excludes halogenated alkanes) is 1. The zero-order valence-electron chi connectivity index (χ0n) is 19.8. The number of rotatable bonds is 8. The number of aromatic nitrogens is 1. The average Bonchev–Trinajstić information content (AvgIpc) is 3.00. The van der Waals surface area contributed by atoms with Crippen molar-refractivity contribution in [1.29, 1.82) is 0 Å². The van der Waals surface area contributed by atoms with Crippen LogP contribution in [0.2, 0.25) is 0 Å². The van der Waals surface area contributed by atoms with Crippen LogP contribution in [0.25, 0.3) is 0 Å². The van der Waals surface area contributed by atoms with Gasteiger partial charge in [0.25, 0.3) is 0 Å². The number of carbonyl (C=O) groups excluding carboxylic acids is 2. The third kappa shape index (κ3) is 5.57. The number of hydrogen-bond donors (Lipinski definition) is 1. The third-order valence-corrected chi connectivity index (χ3v) is 5.95. The van der Waals surface area contributed by atoms with Gasteiger partial charge in [-0.25, -0.2) is 9.98 Å². The van der Waals surface area contributed by atoms with Crippen molar-refractivity contribution in [3.8, 4) is 0 Å². The second-order valence-electron chi connectivity index (χ2n) is 8.46. The molecule has 1 aliphatic heterocycles. The molecule has 0 radical (unpaired) electrons. The van der Waals surface area contributed by atoms with Gasteiger partial charge in [-0.2, -0.15) is 0 Å². The van der Waals surface area contributed by atoms with Crippen molar-refractivity contribution >= 4 is 34.7 Å². The molecule has 0 unspecified atom stereocenters. The Morgan fingerprint density at radius 2 is 1.74 bits per heavy atom. The van der Waals surface area contributed by atoms with E-state index in [-0.39, 0.29) is 24.8 Å². The van der Waals surface area contributed by atoms with E-state index in [2.05, 4.69) is 36.3 Å². The molecule has 0 saturated carbocycles. The topological polar surface area (TPSA) is 74.7 Å². The van der Waals surface area contributed by atoms with Crippen LogP contribution in [0.5, 0.6) is 0 Å². The normalized spacial score (nSPS) is 13.2. The molecule has 0 aliphatic carbocycles. The first-order valence-electron chi connectivity index (χ1n) is 11.9. The second kappa shape index (κ2) is 10.9. The summed E-state index contributed by atoms with van der Waals surface area (Å²) in [6, 6.07) is 19.6. The Balaban J connectivity index is 1.51. The lowest BCUT2D eigenvalue weighted by atomic mass is 10.0. The molecule has 2 amide bonds. The first-order valence-corrected chi connectivity index (χ1v) is 11.9. The molecule has 0 spiro atoms. The molecule has 0 atom stereocenters. The first kappa shape index (κ1) is 23.4. The molecule has 2 heterocycles. The van der Waals surface area contributed by atoms with Crippen LogP contribution in [-0.2, 0) is 22.4 Å². The molecule has 0 bridgehead atoms. The highest BCUT2D eigenvalue weighted by Gasteiger charge is 2.27. The second-order valence-corrected chi connectivity index (χ2v) is 8.46. The number of anilines is 2. The molecule has 0 fully saturated rings. The quantitative estimate of drug-likeness (QED) is 0.490. The van der Waals surface area contributed by atoms with Crippen LogP contribution in [0, 0.1) is 0 Å². The first-order chi connectivity index (χ1) is 16.6. The van der Waals surface area contributed by atoms with E-state index in [1.165, 1.54) is 16.0 Å². The van der Waals surface area contributed by atoms with Gasteiger partial charge in [0, 0.05) is 11.9 Å². The number of carbonyl (C=O) groups is 2. The molecule has 1 aromatic heterocycles. The van der Waals surface area contributed by atoms with Gasteiger partial charge in [0.1, 0.15) is 12.2 Å². The van der Waals surface area contributed by atoms with Crippen LogP contribution in [0.4, 0.5) is 17.2 Å². The van der Waals surface area contributed by atoms with Crippen LogP contribution < -0.4 is 10.2 Å². The Morgan fingerprint density at radius 3 is 2.44 bits per heavy atom. The fourth-order valence-electron chi connectivity index (χ4n) is 3.97. The van der Waals surface area contributed by atoms with Crippen LogP contribution in [0.15, 0.2) is 71.9 Å². The molecule has 0 saturated heterocycles. The van der Waals surface area contributed by atoms with Crippen molar-refractivity contribution < 1.29 is 9.59 Å². The Kier molecular flexibility index (Phi) is 7.48. The largest absolute Gasteiger partial charge is 0.325 e. The van der Waals surface area contributed by atoms with E-state index in [4.69, 9.17) is 4.99 Å². The minimum atomic E-state index is -0.276. The SMILES string of the molecule is CCCCc1ccc(NC(=O)CN2C(=O)CC(c3ccc(CC)cc3)=Nc3cccnc32)cc1. The molecule has 4 rings (SSSR count). The van der Waals surface area contributed by atoms with Crippen LogP contribution >= 0.6 is 0 Å². The number of hydrogen-bond acceptors (Lipinski definition) is 4. The van der Waals surface area contributed by atoms with Gasteiger partial charge in [-0.05, 0) is 60.2 Å². The van der Waals surface area contributed by atoms with Gasteiger partial charge in [0.05, 0.1) is 12.1 Å². The van der Waals surface area contributed by atoms with E-state index in [1.54, 1.807) is 12.3 Å². The summed E-state index contributed by atoms with van der Waals surface area (Å²) in [7, 11) is 0. The van der Waals surface area contributed by atoms with E-state index < -0.39 is 0 Å². The Bertz CT molecular complexity index is 1180. The van der Waals surface area contributed by atoms with Crippen LogP contribution in [0.1, 0.15) is 49.8 Å². The van der Waals surface area contributed by atoms with E-state index in [0.29, 0.717) is 22.9 Å². The summed E-state index contributed by atoms with van der Waals surface area (Å²) in [5.41, 5.74) is 5.33. The zero-order chi connectivity index (χ0) is 23.9. The predicted octanol–water partition coefficient (Wildman–Crippen LogP) is 5.48. The molecule has 6 heteroatoms. The van der Waals surface area contributed by atoms with Crippen molar-refractivity contribution in [2.75, 3.05) is 16.8 Å². The van der Waals surface area contributed by atoms with Gasteiger partial charge in [0.2, 0.25) is 11.8 Å². The summed E-state index contributed by atoms with van der Waals surface area (Å²) in [4.78, 5) is 36.7. The van der Waals surface area contributed by atoms with Crippen LogP contribution in [-0.4, -0.2) is 29.1 Å². The van der Waals surface area contributed by atoms with Gasteiger partial charge >= 0.3 is 0 Å². The molecular formula is C28H30N4O2. The lowest BCUT2D eigenvalue weighted by Gasteiger charge is -2.20. The summed E-state index contributed by atoms with van der Waals surface area (Å²) < 4.78 is 0. The number of nitrogens with one attached hydrogen (secondary N) is 1. The monoisotopic (exact) mass is 454 g/mol. The molecule has 1 aliphatic rings. The minimum Gasteiger partial charge on any atom is -0.325 e. The average molecular weight is 455 g/mol. The molecular weight excluding hydrogens is 424 g/mol. The lowest BCUT2D eigenvalue weighted by Crippen LogP contribution is -2.39. The Morgan fingerprint density at radius 1 is 1.00 bits per heavy atom. The van der Waals surface area contributed by atoms with E-state index in [1.807, 2.05) is 42.5 Å². The molecule has 34 heavy (non-hydrogen) atoms. The highest BCUT2D eigenvalue weighted by molar-refractivity contribution is 6.18. The highest BCUT2D eigenvalue weighted by atomic mass is 16.2. The van der Waals surface area contributed by atoms with Crippen molar-refractivity contribution in [2.45, 2.75) is 46.0 Å². The van der Waals surface area contributed by atoms with Crippen LogP contribution in [0.3, 0.4) is 0 Å². The van der Waals surface area contributed by atoms with Gasteiger partial charge < -0.3 is 5.32 Å². The van der Waals surface area contributed by atoms with Gasteiger partial charge in [-0.3, -0.25) is 14.5 Å². The minimum absolute atomic E-state index is 0.0984. The third-order valence-electron chi connectivity index (χ3n) is 5.95. The summed E-state index contributed by atoms with van der Waals surface area (Å²) in [6.45, 7) is 4.15. The molecule has 2 aromatic carbocycles. The number of aryl methyl sites for hydroxylation is 2. The number of benzene rings is 2. The van der Waals surface area contributed by atoms with Crippen molar-refractivity contribution in [1.82, 2.24) is 4.98 Å². The standard InChI is InChI=1S/C28H30N4O2/c1-3-5-7-21-11-15-23(16-12-21)30-26(33)19-32-27(34)18-25(22-13-9-20(4-2)10-14-22)31-24-8-6-17-29-28(24)32/h6,8-17H,3-5,7,18-19H2,1-2H3,(H,30,33). The smallest absolute Gasteiger partial charge is 0.244 e. The van der Waals surface area contributed by atoms with E-state index in [9.17, 15) is 9.59 Å². The summed E-state index contributed by atoms with van der Waals surface area (Å²) in [5.74, 6) is -0.0828. The van der Waals surface area contributed by atoms with Crippen molar-refractivity contribution in [3.05, 3.63) is 83.6 Å². The maximum atomic E-state index is 13.2. The Labute approximate surface area is 200 Å². The number of aliphatic imine (C=N–C) groups is 1. The highest BCUT2D eigenvalue weighted by Crippen LogP contribution is 2.31. The fourth-order valence-corrected chi connectivity index (χ4v) is 3.97. The summed E-state index contributed by atoms with van der Waals surface area (Å²) >= 11 is 0. The lowest BCUT2D eigenvalue weighted by molar-refractivity contribution is -0.120. The van der Waals surface area contributed by atoms with Crippen molar-refractivity contribution in [2.24, 2.45) is 4.99 Å². The number of fused-ring (bicyclic) bond motifs is 1. The summed E-state index contributed by atoms with van der Waals surface area (Å²) in [5, 5.41) is 2.90. The maximum absolute atomic E-state index is 13.2. The molecule has 1 N–H and O–H groups in total. The van der Waals surface area contributed by atoms with E-state index in [0.717, 1.165) is 31.2 Å². The van der Waals surface area contributed by atoms with Gasteiger partial charge in [-0.15, -0.1) is 0 Å². The Hall–Kier alpha value is -3.80. The molecule has 174 valence electrons. The number of amides is 2. The maximum Gasteiger partial charge on any atom is 0.244 e. The van der Waals surface area contributed by atoms with Gasteiger partial charge in [-0.1, -0.05) is 56.7 Å². The molecule has 3 aromatic rings.